The van der Waals surface area contributed by atoms with Crippen LogP contribution in [0.3, 0.4) is 0 Å². The van der Waals surface area contributed by atoms with Crippen LogP contribution in [-0.4, -0.2) is 96.7 Å². The SMILES string of the molecule is CCCCCCCCCCCCCCCCCCCCCC(=O)O[C@H](COC(=O)CCCCCCCCCC(C)C)COP(=O)(O)OC[C@H](O)COP(=O)(O)OC[C@@H](COC(=O)CCCCCCCCCCCCCCCCCCC(C)C)OC(=O)CCCCCCCCCCCCCCCCCCCCC(C)C. The number of phosphoric acid groups is 2. The first-order valence-corrected chi connectivity index (χ1v) is 49.3. The Morgan fingerprint density at radius 3 is 0.624 bits per heavy atom. The van der Waals surface area contributed by atoms with Crippen molar-refractivity contribution in [1.82, 2.24) is 0 Å². The fraction of sp³-hybridized carbons (Fsp3) is 0.956. The summed E-state index contributed by atoms with van der Waals surface area (Å²) in [7, 11) is -9.93. The van der Waals surface area contributed by atoms with E-state index in [4.69, 9.17) is 37.0 Å². The van der Waals surface area contributed by atoms with Crippen LogP contribution in [-0.2, 0) is 65.4 Å². The zero-order valence-corrected chi connectivity index (χ0v) is 73.8. The summed E-state index contributed by atoms with van der Waals surface area (Å²) < 4.78 is 69.0. The Morgan fingerprint density at radius 2 is 0.422 bits per heavy atom. The molecule has 0 saturated heterocycles. The number of aliphatic hydroxyl groups is 1. The summed E-state index contributed by atoms with van der Waals surface area (Å²) in [5.41, 5.74) is 0. The standard InChI is InChI=1S/C90H176O17P2/c1-8-9-10-11-12-13-14-15-16-17-18-22-29-34-39-44-51-59-67-74-90(95)107-86(78-101-88(93)72-65-58-53-46-49-56-63-70-83(6)7)80-105-109(98,99)103-76-84(91)75-102-108(96,97)104-79-85(77-100-87(92)71-64-57-50-43-38-33-28-25-24-27-32-37-42-48-55-62-69-82(4)5)106-89(94)73-66-60-52-45-40-35-30-23-20-19-21-26-31-36-41-47-54-61-68-81(2)3/h81-86,91H,8-80H2,1-7H3,(H,96,97)(H,98,99)/t84-,85-,86-/m1/s1. The van der Waals surface area contributed by atoms with Crippen molar-refractivity contribution in [3.8, 4) is 0 Å². The van der Waals surface area contributed by atoms with Crippen LogP contribution >= 0.6 is 15.6 Å². The lowest BCUT2D eigenvalue weighted by atomic mass is 10.0. The van der Waals surface area contributed by atoms with Gasteiger partial charge in [0.2, 0.25) is 0 Å². The second-order valence-corrected chi connectivity index (χ2v) is 36.7. The van der Waals surface area contributed by atoms with Crippen LogP contribution in [0.4, 0.5) is 0 Å². The van der Waals surface area contributed by atoms with Crippen LogP contribution in [0.5, 0.6) is 0 Å². The maximum atomic E-state index is 13.2. The number of hydrogen-bond acceptors (Lipinski definition) is 15. The van der Waals surface area contributed by atoms with Crippen molar-refractivity contribution < 1.29 is 80.2 Å². The molecule has 0 amide bonds. The van der Waals surface area contributed by atoms with Crippen LogP contribution in [0.15, 0.2) is 0 Å². The van der Waals surface area contributed by atoms with Crippen LogP contribution in [0, 0.1) is 17.8 Å². The second kappa shape index (κ2) is 79.9. The van der Waals surface area contributed by atoms with E-state index in [2.05, 4.69) is 48.5 Å². The van der Waals surface area contributed by atoms with Crippen LogP contribution in [0.1, 0.15) is 479 Å². The summed E-state index contributed by atoms with van der Waals surface area (Å²) in [5.74, 6) is 0.237. The Bertz CT molecular complexity index is 2100. The van der Waals surface area contributed by atoms with E-state index in [1.807, 2.05) is 0 Å². The fourth-order valence-corrected chi connectivity index (χ4v) is 15.7. The van der Waals surface area contributed by atoms with Gasteiger partial charge < -0.3 is 33.8 Å². The first kappa shape index (κ1) is 107. The van der Waals surface area contributed by atoms with E-state index in [-0.39, 0.29) is 25.7 Å². The number of rotatable bonds is 88. The number of unbranched alkanes of at least 4 members (excludes halogenated alkanes) is 56. The lowest BCUT2D eigenvalue weighted by Crippen LogP contribution is -2.30. The highest BCUT2D eigenvalue weighted by molar-refractivity contribution is 7.47. The maximum Gasteiger partial charge on any atom is 0.472 e. The van der Waals surface area contributed by atoms with Gasteiger partial charge in [-0.2, -0.15) is 0 Å². The first-order valence-electron chi connectivity index (χ1n) is 46.3. The van der Waals surface area contributed by atoms with Crippen molar-refractivity contribution in [2.45, 2.75) is 497 Å². The molecule has 0 saturated carbocycles. The van der Waals surface area contributed by atoms with Gasteiger partial charge in [-0.1, -0.05) is 427 Å². The normalized spacial score (nSPS) is 13.8. The van der Waals surface area contributed by atoms with Gasteiger partial charge >= 0.3 is 39.5 Å². The first-order chi connectivity index (χ1) is 52.7. The van der Waals surface area contributed by atoms with Gasteiger partial charge in [0.1, 0.15) is 19.3 Å². The summed E-state index contributed by atoms with van der Waals surface area (Å²) in [6, 6.07) is 0. The Balaban J connectivity index is 5.22. The largest absolute Gasteiger partial charge is 0.472 e. The van der Waals surface area contributed by atoms with Crippen LogP contribution in [0.2, 0.25) is 0 Å². The molecule has 5 atom stereocenters. The molecular weight excluding hydrogens is 1410 g/mol. The molecule has 109 heavy (non-hydrogen) atoms. The summed E-state index contributed by atoms with van der Waals surface area (Å²) >= 11 is 0. The van der Waals surface area contributed by atoms with E-state index in [0.717, 1.165) is 108 Å². The van der Waals surface area contributed by atoms with Crippen LogP contribution < -0.4 is 0 Å². The smallest absolute Gasteiger partial charge is 0.462 e. The van der Waals surface area contributed by atoms with E-state index in [1.54, 1.807) is 0 Å². The zero-order valence-electron chi connectivity index (χ0n) is 72.0. The van der Waals surface area contributed by atoms with Gasteiger partial charge in [-0.15, -0.1) is 0 Å². The minimum absolute atomic E-state index is 0.108. The molecule has 0 aromatic rings. The molecule has 17 nitrogen and oxygen atoms in total. The molecule has 0 aliphatic rings. The summed E-state index contributed by atoms with van der Waals surface area (Å²) in [6.07, 6.45) is 72.4. The molecule has 0 aromatic carbocycles. The second-order valence-electron chi connectivity index (χ2n) is 33.8. The Hall–Kier alpha value is -1.94. The van der Waals surface area contributed by atoms with Crippen molar-refractivity contribution in [3.05, 3.63) is 0 Å². The monoisotopic (exact) mass is 1590 g/mol. The molecule has 0 bridgehead atoms. The Kier molecular flexibility index (Phi) is 78.5. The van der Waals surface area contributed by atoms with Crippen molar-refractivity contribution >= 4 is 39.5 Å². The quantitative estimate of drug-likeness (QED) is 0.0222. The number of phosphoric ester groups is 2. The molecule has 19 heteroatoms. The van der Waals surface area contributed by atoms with Gasteiger partial charge in [-0.3, -0.25) is 37.3 Å². The third kappa shape index (κ3) is 83.8. The van der Waals surface area contributed by atoms with Gasteiger partial charge in [-0.25, -0.2) is 9.13 Å². The van der Waals surface area contributed by atoms with Gasteiger partial charge in [0.25, 0.3) is 0 Å². The highest BCUT2D eigenvalue weighted by Gasteiger charge is 2.31. The molecular formula is C90H176O17P2. The summed E-state index contributed by atoms with van der Waals surface area (Å²) in [4.78, 5) is 73.3. The Morgan fingerprint density at radius 1 is 0.248 bits per heavy atom. The van der Waals surface area contributed by atoms with E-state index < -0.39 is 97.5 Å². The van der Waals surface area contributed by atoms with E-state index >= 15 is 0 Å². The average Bonchev–Trinajstić information content (AvgIpc) is 0.896. The summed E-state index contributed by atoms with van der Waals surface area (Å²) in [6.45, 7) is 12.0. The molecule has 0 spiro atoms. The molecule has 0 rings (SSSR count). The van der Waals surface area contributed by atoms with E-state index in [0.29, 0.717) is 31.6 Å². The van der Waals surface area contributed by atoms with Crippen LogP contribution in [0.25, 0.3) is 0 Å². The average molecular weight is 1590 g/mol. The number of hydrogen-bond donors (Lipinski definition) is 3. The maximum absolute atomic E-state index is 13.2. The van der Waals surface area contributed by atoms with Crippen molar-refractivity contribution in [2.75, 3.05) is 39.6 Å². The fourth-order valence-electron chi connectivity index (χ4n) is 14.1. The summed E-state index contributed by atoms with van der Waals surface area (Å²) in [5, 5.41) is 10.7. The van der Waals surface area contributed by atoms with Gasteiger partial charge in [0.05, 0.1) is 26.4 Å². The Labute approximate surface area is 670 Å². The molecule has 0 radical (unpaired) electrons. The van der Waals surface area contributed by atoms with E-state index in [9.17, 15) is 43.2 Å². The number of aliphatic hydroxyl groups excluding tert-OH is 1. The topological polar surface area (TPSA) is 237 Å². The molecule has 648 valence electrons. The molecule has 0 aromatic heterocycles. The predicted molar refractivity (Wildman–Crippen MR) is 451 cm³/mol. The number of esters is 4. The number of carbonyl (C=O) groups is 4. The van der Waals surface area contributed by atoms with Gasteiger partial charge in [-0.05, 0) is 43.4 Å². The highest BCUT2D eigenvalue weighted by Crippen LogP contribution is 2.45. The zero-order chi connectivity index (χ0) is 80.0. The van der Waals surface area contributed by atoms with Crippen molar-refractivity contribution in [2.24, 2.45) is 17.8 Å². The van der Waals surface area contributed by atoms with E-state index in [1.165, 1.54) is 283 Å². The number of ether oxygens (including phenoxy) is 4. The highest BCUT2D eigenvalue weighted by atomic mass is 31.2. The van der Waals surface area contributed by atoms with Gasteiger partial charge in [0, 0.05) is 25.7 Å². The minimum atomic E-state index is -4.97. The van der Waals surface area contributed by atoms with Crippen molar-refractivity contribution in [1.29, 1.82) is 0 Å². The van der Waals surface area contributed by atoms with Crippen molar-refractivity contribution in [3.63, 3.8) is 0 Å². The minimum Gasteiger partial charge on any atom is -0.462 e. The molecule has 0 aliphatic heterocycles. The number of carbonyl (C=O) groups excluding carboxylic acids is 4. The molecule has 3 N–H and O–H groups in total. The predicted octanol–water partition coefficient (Wildman–Crippen LogP) is 27.6. The molecule has 0 aliphatic carbocycles. The third-order valence-corrected chi connectivity index (χ3v) is 23.0. The molecule has 0 fully saturated rings. The third-order valence-electron chi connectivity index (χ3n) is 21.1. The van der Waals surface area contributed by atoms with Gasteiger partial charge in [0.15, 0.2) is 12.2 Å². The molecule has 2 unspecified atom stereocenters. The molecule has 0 heterocycles. The lowest BCUT2D eigenvalue weighted by Gasteiger charge is -2.21. The lowest BCUT2D eigenvalue weighted by molar-refractivity contribution is -0.161.